The van der Waals surface area contributed by atoms with E-state index < -0.39 is 5.97 Å². The molecule has 92 valence electrons. The number of nitrogens with zero attached hydrogens (tertiary/aromatic N) is 3. The summed E-state index contributed by atoms with van der Waals surface area (Å²) in [5, 5.41) is 16.7. The van der Waals surface area contributed by atoms with Crippen LogP contribution in [0, 0.1) is 0 Å². The molecule has 1 aliphatic rings. The van der Waals surface area contributed by atoms with Crippen LogP contribution in [-0.4, -0.2) is 33.9 Å². The minimum absolute atomic E-state index is 0.224. The molecule has 1 aromatic heterocycles. The first-order valence-corrected chi connectivity index (χ1v) is 6.03. The van der Waals surface area contributed by atoms with Gasteiger partial charge in [0.25, 0.3) is 0 Å². The van der Waals surface area contributed by atoms with Gasteiger partial charge in [0, 0.05) is 25.2 Å². The third kappa shape index (κ3) is 3.15. The van der Waals surface area contributed by atoms with Crippen molar-refractivity contribution in [2.75, 3.05) is 11.4 Å². The molecule has 1 N–H and O–H groups in total. The molecule has 1 fully saturated rings. The van der Waals surface area contributed by atoms with E-state index in [1.165, 1.54) is 6.42 Å². The van der Waals surface area contributed by atoms with Gasteiger partial charge in [-0.25, -0.2) is 0 Å². The Bertz CT molecular complexity index is 369. The lowest BCUT2D eigenvalue weighted by atomic mass is 9.98. The van der Waals surface area contributed by atoms with Crippen LogP contribution in [0.5, 0.6) is 0 Å². The van der Waals surface area contributed by atoms with E-state index in [9.17, 15) is 4.79 Å². The first-order chi connectivity index (χ1) is 8.27. The van der Waals surface area contributed by atoms with E-state index in [0.29, 0.717) is 6.42 Å². The maximum absolute atomic E-state index is 10.6. The number of carboxylic acid groups (broad SMARTS) is 1. The molecule has 0 spiro atoms. The summed E-state index contributed by atoms with van der Waals surface area (Å²) < 4.78 is 0. The molecule has 2 heterocycles. The first kappa shape index (κ1) is 11.8. The Morgan fingerprint density at radius 1 is 1.53 bits per heavy atom. The molecule has 0 bridgehead atoms. The quantitative estimate of drug-likeness (QED) is 0.860. The second kappa shape index (κ2) is 5.61. The van der Waals surface area contributed by atoms with Crippen molar-refractivity contribution in [3.8, 4) is 0 Å². The molecule has 1 aliphatic heterocycles. The molecular formula is C12H17N3O2. The lowest BCUT2D eigenvalue weighted by Crippen LogP contribution is -2.40. The Labute approximate surface area is 100 Å². The number of hydrogen-bond donors (Lipinski definition) is 1. The number of aliphatic carboxylic acids is 1. The molecule has 1 aromatic rings. The van der Waals surface area contributed by atoms with Crippen LogP contribution in [0.15, 0.2) is 18.3 Å². The molecule has 17 heavy (non-hydrogen) atoms. The molecule has 0 aliphatic carbocycles. The molecule has 1 saturated heterocycles. The molecule has 5 heteroatoms. The fourth-order valence-corrected chi connectivity index (χ4v) is 2.34. The summed E-state index contributed by atoms with van der Waals surface area (Å²) in [5.74, 6) is 0.136. The molecule has 0 saturated carbocycles. The van der Waals surface area contributed by atoms with E-state index in [2.05, 4.69) is 15.1 Å². The van der Waals surface area contributed by atoms with Gasteiger partial charge in [-0.05, 0) is 37.8 Å². The van der Waals surface area contributed by atoms with Crippen molar-refractivity contribution in [3.05, 3.63) is 18.3 Å². The van der Waals surface area contributed by atoms with Crippen LogP contribution in [0.4, 0.5) is 5.82 Å². The topological polar surface area (TPSA) is 66.3 Å². The van der Waals surface area contributed by atoms with Crippen LogP contribution in [0.1, 0.15) is 32.1 Å². The summed E-state index contributed by atoms with van der Waals surface area (Å²) in [6.07, 6.45) is 5.91. The smallest absolute Gasteiger partial charge is 0.303 e. The van der Waals surface area contributed by atoms with E-state index in [1.54, 1.807) is 6.20 Å². The Morgan fingerprint density at radius 3 is 3.12 bits per heavy atom. The van der Waals surface area contributed by atoms with Gasteiger partial charge in [-0.3, -0.25) is 4.79 Å². The van der Waals surface area contributed by atoms with Gasteiger partial charge in [0.2, 0.25) is 0 Å². The zero-order valence-corrected chi connectivity index (χ0v) is 9.75. The highest BCUT2D eigenvalue weighted by molar-refractivity contribution is 5.66. The maximum atomic E-state index is 10.6. The molecule has 0 radical (unpaired) electrons. The second-order valence-electron chi connectivity index (χ2n) is 4.36. The number of hydrogen-bond acceptors (Lipinski definition) is 4. The van der Waals surface area contributed by atoms with E-state index >= 15 is 0 Å². The minimum atomic E-state index is -0.727. The number of piperidine rings is 1. The predicted octanol–water partition coefficient (Wildman–Crippen LogP) is 1.70. The fraction of sp³-hybridized carbons (Fsp3) is 0.583. The number of carbonyl (C=O) groups is 1. The van der Waals surface area contributed by atoms with E-state index in [1.807, 2.05) is 12.1 Å². The lowest BCUT2D eigenvalue weighted by molar-refractivity contribution is -0.137. The molecule has 5 nitrogen and oxygen atoms in total. The molecular weight excluding hydrogens is 218 g/mol. The largest absolute Gasteiger partial charge is 0.481 e. The van der Waals surface area contributed by atoms with Crippen LogP contribution in [-0.2, 0) is 4.79 Å². The lowest BCUT2D eigenvalue weighted by Gasteiger charge is -2.36. The van der Waals surface area contributed by atoms with Crippen molar-refractivity contribution in [3.63, 3.8) is 0 Å². The molecule has 1 atom stereocenters. The number of anilines is 1. The zero-order valence-electron chi connectivity index (χ0n) is 9.75. The summed E-state index contributed by atoms with van der Waals surface area (Å²) in [7, 11) is 0. The Morgan fingerprint density at radius 2 is 2.41 bits per heavy atom. The monoisotopic (exact) mass is 235 g/mol. The van der Waals surface area contributed by atoms with E-state index in [-0.39, 0.29) is 12.5 Å². The van der Waals surface area contributed by atoms with Gasteiger partial charge in [-0.1, -0.05) is 0 Å². The average Bonchev–Trinajstić information content (AvgIpc) is 2.38. The van der Waals surface area contributed by atoms with Gasteiger partial charge in [0.15, 0.2) is 5.82 Å². The standard InChI is InChI=1S/C12H17N3O2/c16-12(17)7-6-10-4-1-2-9-15(10)11-5-3-8-13-14-11/h3,5,8,10H,1-2,4,6-7,9H2,(H,16,17). The molecule has 0 amide bonds. The Balaban J connectivity index is 2.04. The van der Waals surface area contributed by atoms with Gasteiger partial charge < -0.3 is 10.0 Å². The van der Waals surface area contributed by atoms with Crippen molar-refractivity contribution < 1.29 is 9.90 Å². The second-order valence-corrected chi connectivity index (χ2v) is 4.36. The van der Waals surface area contributed by atoms with Gasteiger partial charge in [0.1, 0.15) is 0 Å². The molecule has 1 unspecified atom stereocenters. The Hall–Kier alpha value is -1.65. The summed E-state index contributed by atoms with van der Waals surface area (Å²) in [6, 6.07) is 4.09. The third-order valence-electron chi connectivity index (χ3n) is 3.17. The summed E-state index contributed by atoms with van der Waals surface area (Å²) >= 11 is 0. The van der Waals surface area contributed by atoms with Crippen molar-refractivity contribution in [1.29, 1.82) is 0 Å². The summed E-state index contributed by atoms with van der Waals surface area (Å²) in [5.41, 5.74) is 0. The van der Waals surface area contributed by atoms with E-state index in [4.69, 9.17) is 5.11 Å². The van der Waals surface area contributed by atoms with Crippen LogP contribution in [0.3, 0.4) is 0 Å². The first-order valence-electron chi connectivity index (χ1n) is 6.03. The van der Waals surface area contributed by atoms with Crippen molar-refractivity contribution in [2.45, 2.75) is 38.1 Å². The highest BCUT2D eigenvalue weighted by atomic mass is 16.4. The minimum Gasteiger partial charge on any atom is -0.481 e. The van der Waals surface area contributed by atoms with Crippen molar-refractivity contribution in [1.82, 2.24) is 10.2 Å². The van der Waals surface area contributed by atoms with Gasteiger partial charge >= 0.3 is 5.97 Å². The van der Waals surface area contributed by atoms with Gasteiger partial charge in [0.05, 0.1) is 0 Å². The van der Waals surface area contributed by atoms with Crippen molar-refractivity contribution >= 4 is 11.8 Å². The summed E-state index contributed by atoms with van der Waals surface area (Å²) in [6.45, 7) is 0.947. The zero-order chi connectivity index (χ0) is 12.1. The third-order valence-corrected chi connectivity index (χ3v) is 3.17. The van der Waals surface area contributed by atoms with Crippen LogP contribution >= 0.6 is 0 Å². The van der Waals surface area contributed by atoms with Gasteiger partial charge in [-0.15, -0.1) is 5.10 Å². The Kier molecular flexibility index (Phi) is 3.90. The SMILES string of the molecule is O=C(O)CCC1CCCCN1c1cccnn1. The highest BCUT2D eigenvalue weighted by Gasteiger charge is 2.24. The number of aromatic nitrogens is 2. The fourth-order valence-electron chi connectivity index (χ4n) is 2.34. The number of rotatable bonds is 4. The summed E-state index contributed by atoms with van der Waals surface area (Å²) in [4.78, 5) is 12.8. The average molecular weight is 235 g/mol. The predicted molar refractivity (Wildman–Crippen MR) is 63.9 cm³/mol. The van der Waals surface area contributed by atoms with Crippen LogP contribution in [0.2, 0.25) is 0 Å². The van der Waals surface area contributed by atoms with Gasteiger partial charge in [-0.2, -0.15) is 5.10 Å². The normalized spacial score (nSPS) is 20.2. The van der Waals surface area contributed by atoms with E-state index in [0.717, 1.165) is 25.2 Å². The molecule has 0 aromatic carbocycles. The van der Waals surface area contributed by atoms with Crippen LogP contribution in [0.25, 0.3) is 0 Å². The highest BCUT2D eigenvalue weighted by Crippen LogP contribution is 2.25. The van der Waals surface area contributed by atoms with Crippen molar-refractivity contribution in [2.24, 2.45) is 0 Å². The van der Waals surface area contributed by atoms with Crippen LogP contribution < -0.4 is 4.90 Å². The number of carboxylic acids is 1. The molecule has 2 rings (SSSR count). The maximum Gasteiger partial charge on any atom is 0.303 e.